The predicted molar refractivity (Wildman–Crippen MR) is 126 cm³/mol. The Morgan fingerprint density at radius 1 is 0.561 bits per heavy atom. The van der Waals surface area contributed by atoms with E-state index in [2.05, 4.69) is 0 Å². The zero-order chi connectivity index (χ0) is 31.4. The molecule has 3 heterocycles. The van der Waals surface area contributed by atoms with Crippen molar-refractivity contribution in [2.24, 2.45) is 0 Å². The molecule has 0 bridgehead atoms. The fourth-order valence-electron chi connectivity index (χ4n) is 4.06. The highest BCUT2D eigenvalue weighted by atomic mass is 28.2. The molecule has 0 aromatic rings. The Balaban J connectivity index is 0.00000108. The van der Waals surface area contributed by atoms with E-state index < -0.39 is 121 Å². The van der Waals surface area contributed by atoms with Crippen molar-refractivity contribution >= 4 is 9.29 Å². The molecule has 0 amide bonds. The van der Waals surface area contributed by atoms with Crippen LogP contribution in [-0.4, -0.2) is 189 Å². The van der Waals surface area contributed by atoms with Gasteiger partial charge in [-0.05, 0) is 6.42 Å². The minimum Gasteiger partial charge on any atom is -0.396 e. The first kappa shape index (κ1) is 38.2. The Bertz CT molecular complexity index is 752. The van der Waals surface area contributed by atoms with E-state index in [1.807, 2.05) is 6.92 Å². The Morgan fingerprint density at radius 2 is 0.927 bits per heavy atom. The van der Waals surface area contributed by atoms with Crippen LogP contribution in [0.3, 0.4) is 0 Å². The third-order valence-corrected chi connectivity index (χ3v) is 6.31. The zero-order valence-corrected chi connectivity index (χ0v) is 22.9. The van der Waals surface area contributed by atoms with Crippen LogP contribution in [0.4, 0.5) is 0 Å². The molecular weight excluding hydrogens is 584 g/mol. The lowest BCUT2D eigenvalue weighted by Gasteiger charge is -2.47. The van der Waals surface area contributed by atoms with Gasteiger partial charge >= 0.3 is 9.29 Å². The van der Waals surface area contributed by atoms with Gasteiger partial charge in [-0.25, -0.2) is 0 Å². The van der Waals surface area contributed by atoms with Gasteiger partial charge < -0.3 is 85.0 Å². The molecule has 0 spiro atoms. The predicted octanol–water partition coefficient (Wildman–Crippen LogP) is -7.80. The number of rotatable bonds is 8. The summed E-state index contributed by atoms with van der Waals surface area (Å²) in [6.45, 7) is -0.0712. The summed E-state index contributed by atoms with van der Waals surface area (Å²) in [4.78, 5) is 0. The first-order valence-corrected chi connectivity index (χ1v) is 13.3. The molecule has 0 saturated carbocycles. The Kier molecular flexibility index (Phi) is 17.4. The number of aliphatic hydroxyl groups excluding tert-OH is 12. The standard InChI is InChI=1S/C18H32O16.C3H8O.O2Si/c19-1-4-7(22)8(23)12(27)17(31-4)34-15-6(3-21)32-18(13(28)10(15)25)33-14-5(2-20)30-16(29)11(26)9(14)24;1-2-3-4;1-3-2/h4-29H,1-3H2;4H,2-3H2,1H3;/t4-,5-,6-,7-,8+,9-,10-,11-,12-,13-,14-,15-,16+,17?,18?;;/m1../s1. The quantitative estimate of drug-likeness (QED) is 0.112. The summed E-state index contributed by atoms with van der Waals surface area (Å²) in [6.07, 6.45) is -24.3. The maximum Gasteiger partial charge on any atom is 0.549 e. The second-order valence-corrected chi connectivity index (χ2v) is 9.31. The van der Waals surface area contributed by atoms with Crippen molar-refractivity contribution < 1.29 is 93.9 Å². The van der Waals surface area contributed by atoms with Crippen LogP contribution in [0.5, 0.6) is 0 Å². The third kappa shape index (κ3) is 9.82. The first-order valence-electron chi connectivity index (χ1n) is 12.5. The maximum absolute atomic E-state index is 10.6. The van der Waals surface area contributed by atoms with Gasteiger partial charge in [0, 0.05) is 6.61 Å². The normalized spacial score (nSPS) is 44.5. The molecule has 3 aliphatic heterocycles. The summed E-state index contributed by atoms with van der Waals surface area (Å²) in [6, 6.07) is 0. The van der Waals surface area contributed by atoms with E-state index in [1.165, 1.54) is 0 Å². The molecule has 19 nitrogen and oxygen atoms in total. The molecule has 15 atom stereocenters. The Hall–Kier alpha value is -0.863. The minimum atomic E-state index is -1.91. The van der Waals surface area contributed by atoms with E-state index in [1.54, 1.807) is 0 Å². The highest BCUT2D eigenvalue weighted by Crippen LogP contribution is 2.32. The van der Waals surface area contributed by atoms with Gasteiger partial charge in [0.05, 0.1) is 19.8 Å². The second-order valence-electron chi connectivity index (χ2n) is 9.14. The van der Waals surface area contributed by atoms with Gasteiger partial charge in [-0.3, -0.25) is 8.92 Å². The minimum absolute atomic E-state index is 0.319. The average Bonchev–Trinajstić information content (AvgIpc) is 2.97. The number of hydrogen-bond acceptors (Lipinski definition) is 19. The van der Waals surface area contributed by atoms with Crippen molar-refractivity contribution in [3.8, 4) is 0 Å². The average molecular weight is 625 g/mol. The van der Waals surface area contributed by atoms with Crippen LogP contribution in [0.15, 0.2) is 0 Å². The molecule has 0 radical (unpaired) electrons. The van der Waals surface area contributed by atoms with Crippen molar-refractivity contribution in [2.75, 3.05) is 26.4 Å². The van der Waals surface area contributed by atoms with Crippen LogP contribution in [-0.2, 0) is 32.6 Å². The Morgan fingerprint density at radius 3 is 1.34 bits per heavy atom. The molecule has 0 aliphatic carbocycles. The summed E-state index contributed by atoms with van der Waals surface area (Å²) >= 11 is 0. The van der Waals surface area contributed by atoms with Crippen LogP contribution >= 0.6 is 0 Å². The summed E-state index contributed by atoms with van der Waals surface area (Å²) in [5, 5.41) is 117. The SMILES string of the molecule is CCCO.O=[Si]=O.OC[C@H]1OC(O[C@H]2[C@H](O)[C@@H](O)C(O[C@H]3[C@H](O)[C@@H](O)[C@@H](O)O[C@@H]3CO)O[C@@H]2CO)[C@H](O)[C@@H](O)[C@@H]1O. The van der Waals surface area contributed by atoms with Crippen LogP contribution in [0.2, 0.25) is 0 Å². The molecule has 3 rings (SSSR count). The van der Waals surface area contributed by atoms with Crippen LogP contribution in [0.1, 0.15) is 13.3 Å². The molecule has 12 N–H and O–H groups in total. The number of aliphatic hydroxyl groups is 12. The molecule has 20 heteroatoms. The fraction of sp³-hybridized carbons (Fsp3) is 1.00. The maximum atomic E-state index is 10.6. The van der Waals surface area contributed by atoms with Crippen molar-refractivity contribution in [3.63, 3.8) is 0 Å². The highest BCUT2D eigenvalue weighted by molar-refractivity contribution is 5.94. The highest BCUT2D eigenvalue weighted by Gasteiger charge is 2.53. The van der Waals surface area contributed by atoms with Crippen molar-refractivity contribution in [1.29, 1.82) is 0 Å². The van der Waals surface area contributed by atoms with Gasteiger partial charge in [0.2, 0.25) is 0 Å². The molecule has 0 aromatic heterocycles. The van der Waals surface area contributed by atoms with Gasteiger partial charge in [0.15, 0.2) is 18.9 Å². The van der Waals surface area contributed by atoms with Gasteiger partial charge in [0.25, 0.3) is 0 Å². The van der Waals surface area contributed by atoms with E-state index in [4.69, 9.17) is 37.7 Å². The van der Waals surface area contributed by atoms with Gasteiger partial charge in [0.1, 0.15) is 73.2 Å². The van der Waals surface area contributed by atoms with E-state index >= 15 is 0 Å². The van der Waals surface area contributed by atoms with Crippen molar-refractivity contribution in [3.05, 3.63) is 0 Å². The summed E-state index contributed by atoms with van der Waals surface area (Å²) < 4.78 is 43.2. The van der Waals surface area contributed by atoms with Crippen LogP contribution < -0.4 is 0 Å². The molecule has 0 aromatic carbocycles. The first-order chi connectivity index (χ1) is 19.4. The molecular formula is C21H40O19Si. The number of ether oxygens (including phenoxy) is 5. The molecule has 242 valence electrons. The molecule has 2 unspecified atom stereocenters. The lowest BCUT2D eigenvalue weighted by atomic mass is 9.96. The Labute approximate surface area is 235 Å². The molecule has 3 fully saturated rings. The fourth-order valence-corrected chi connectivity index (χ4v) is 4.06. The zero-order valence-electron chi connectivity index (χ0n) is 21.9. The van der Waals surface area contributed by atoms with E-state index in [9.17, 15) is 56.2 Å². The summed E-state index contributed by atoms with van der Waals surface area (Å²) in [7, 11) is -1.42. The molecule has 41 heavy (non-hydrogen) atoms. The van der Waals surface area contributed by atoms with Gasteiger partial charge in [-0.2, -0.15) is 0 Å². The van der Waals surface area contributed by atoms with Gasteiger partial charge in [-0.15, -0.1) is 0 Å². The van der Waals surface area contributed by atoms with Crippen LogP contribution in [0, 0.1) is 0 Å². The second kappa shape index (κ2) is 18.7. The van der Waals surface area contributed by atoms with Gasteiger partial charge in [-0.1, -0.05) is 6.92 Å². The molecule has 3 aliphatic rings. The monoisotopic (exact) mass is 624 g/mol. The number of hydrogen-bond donors (Lipinski definition) is 12. The third-order valence-electron chi connectivity index (χ3n) is 6.31. The lowest BCUT2D eigenvalue weighted by molar-refractivity contribution is -0.377. The summed E-state index contributed by atoms with van der Waals surface area (Å²) in [5.74, 6) is 0. The van der Waals surface area contributed by atoms with Crippen LogP contribution in [0.25, 0.3) is 0 Å². The molecule has 3 saturated heterocycles. The van der Waals surface area contributed by atoms with Crippen molar-refractivity contribution in [2.45, 2.75) is 105 Å². The smallest absolute Gasteiger partial charge is 0.396 e. The summed E-state index contributed by atoms with van der Waals surface area (Å²) in [5.41, 5.74) is 0. The van der Waals surface area contributed by atoms with E-state index in [0.717, 1.165) is 6.42 Å². The van der Waals surface area contributed by atoms with E-state index in [0.29, 0.717) is 6.61 Å². The topological polar surface area (TPSA) is 323 Å². The largest absolute Gasteiger partial charge is 0.549 e. The van der Waals surface area contributed by atoms with Crippen molar-refractivity contribution in [1.82, 2.24) is 0 Å². The van der Waals surface area contributed by atoms with E-state index in [-0.39, 0.29) is 0 Å². The lowest BCUT2D eigenvalue weighted by Crippen LogP contribution is -2.66.